The number of fused-ring (bicyclic) bond motifs is 1. The van der Waals surface area contributed by atoms with Crippen LogP contribution in [0, 0.1) is 0 Å². The highest BCUT2D eigenvalue weighted by molar-refractivity contribution is 9.10. The molecule has 0 aliphatic heterocycles. The molecule has 0 aromatic carbocycles. The summed E-state index contributed by atoms with van der Waals surface area (Å²) in [5, 5.41) is 7.43. The van der Waals surface area contributed by atoms with Crippen molar-refractivity contribution in [1.29, 1.82) is 0 Å². The van der Waals surface area contributed by atoms with E-state index in [2.05, 4.69) is 31.5 Å². The van der Waals surface area contributed by atoms with Crippen molar-refractivity contribution < 1.29 is 9.53 Å². The highest BCUT2D eigenvalue weighted by Gasteiger charge is 2.25. The average molecular weight is 468 g/mol. The van der Waals surface area contributed by atoms with Crippen molar-refractivity contribution in [3.05, 3.63) is 38.8 Å². The first-order chi connectivity index (χ1) is 13.1. The summed E-state index contributed by atoms with van der Waals surface area (Å²) < 4.78 is 6.22. The number of thiophene rings is 1. The Morgan fingerprint density at radius 2 is 2.04 bits per heavy atom. The minimum Gasteiger partial charge on any atom is -0.462 e. The molecule has 2 N–H and O–H groups in total. The van der Waals surface area contributed by atoms with E-state index in [1.807, 2.05) is 19.1 Å². The number of rotatable bonds is 4. The second kappa shape index (κ2) is 9.61. The number of carbonyl (C=O) groups is 1. The first-order valence-electron chi connectivity index (χ1n) is 9.09. The average Bonchev–Trinajstić information content (AvgIpc) is 2.93. The summed E-state index contributed by atoms with van der Waals surface area (Å²) in [7, 11) is 0. The van der Waals surface area contributed by atoms with Crippen LogP contribution in [0.3, 0.4) is 0 Å². The molecule has 0 amide bonds. The van der Waals surface area contributed by atoms with Gasteiger partial charge in [0, 0.05) is 15.5 Å². The predicted octanol–water partition coefficient (Wildman–Crippen LogP) is 5.55. The van der Waals surface area contributed by atoms with Crippen LogP contribution in [0.1, 0.15) is 53.4 Å². The van der Waals surface area contributed by atoms with Gasteiger partial charge in [-0.15, -0.1) is 11.3 Å². The topological polar surface area (TPSA) is 63.2 Å². The number of carbonyl (C=O) groups excluding carboxylic acids is 1. The summed E-state index contributed by atoms with van der Waals surface area (Å²) in [5.41, 5.74) is 1.77. The largest absolute Gasteiger partial charge is 0.462 e. The minimum atomic E-state index is -0.275. The number of halogens is 1. The van der Waals surface area contributed by atoms with Crippen molar-refractivity contribution in [1.82, 2.24) is 4.98 Å². The number of aryl methyl sites for hydroxylation is 1. The van der Waals surface area contributed by atoms with Gasteiger partial charge in [0.1, 0.15) is 10.8 Å². The van der Waals surface area contributed by atoms with Gasteiger partial charge in [-0.1, -0.05) is 12.8 Å². The maximum absolute atomic E-state index is 12.6. The molecular formula is C19H22BrN3O2S2. The Labute approximate surface area is 177 Å². The highest BCUT2D eigenvalue weighted by Crippen LogP contribution is 2.37. The third-order valence-electron chi connectivity index (χ3n) is 4.35. The van der Waals surface area contributed by atoms with Crippen LogP contribution in [0.4, 0.5) is 10.8 Å². The summed E-state index contributed by atoms with van der Waals surface area (Å²) in [5.74, 6) is 0.367. The van der Waals surface area contributed by atoms with Crippen LogP contribution in [0.5, 0.6) is 0 Å². The van der Waals surface area contributed by atoms with E-state index in [9.17, 15) is 4.79 Å². The molecule has 0 spiro atoms. The molecule has 27 heavy (non-hydrogen) atoms. The Morgan fingerprint density at radius 1 is 1.26 bits per heavy atom. The highest BCUT2D eigenvalue weighted by atomic mass is 79.9. The molecule has 144 valence electrons. The third kappa shape index (κ3) is 5.27. The van der Waals surface area contributed by atoms with Crippen LogP contribution >= 0.6 is 39.5 Å². The number of nitrogens with one attached hydrogen (secondary N) is 2. The second-order valence-electron chi connectivity index (χ2n) is 6.28. The first-order valence-corrected chi connectivity index (χ1v) is 11.1. The Morgan fingerprint density at radius 3 is 2.74 bits per heavy atom. The number of ether oxygens (including phenoxy) is 1. The van der Waals surface area contributed by atoms with E-state index in [4.69, 9.17) is 17.0 Å². The van der Waals surface area contributed by atoms with E-state index < -0.39 is 0 Å². The molecule has 0 unspecified atom stereocenters. The lowest BCUT2D eigenvalue weighted by molar-refractivity contribution is 0.0526. The minimum absolute atomic E-state index is 0.275. The predicted molar refractivity (Wildman–Crippen MR) is 118 cm³/mol. The lowest BCUT2D eigenvalue weighted by atomic mass is 9.96. The van der Waals surface area contributed by atoms with Gasteiger partial charge < -0.3 is 15.4 Å². The van der Waals surface area contributed by atoms with Gasteiger partial charge in [0.25, 0.3) is 0 Å². The van der Waals surface area contributed by atoms with E-state index in [0.717, 1.165) is 40.7 Å². The SMILES string of the molecule is CCOC(=O)c1c(NC(=S)Nc2ccc(Br)cn2)sc2c1CCCCCC2. The second-order valence-corrected chi connectivity index (χ2v) is 8.71. The quantitative estimate of drug-likeness (QED) is 0.453. The van der Waals surface area contributed by atoms with Crippen LogP contribution < -0.4 is 10.6 Å². The van der Waals surface area contributed by atoms with Gasteiger partial charge in [0.2, 0.25) is 0 Å². The lowest BCUT2D eigenvalue weighted by Gasteiger charge is -2.12. The summed E-state index contributed by atoms with van der Waals surface area (Å²) >= 11 is 10.4. The Bertz CT molecular complexity index is 821. The van der Waals surface area contributed by atoms with Gasteiger partial charge in [-0.2, -0.15) is 0 Å². The van der Waals surface area contributed by atoms with Crippen LogP contribution in [0.2, 0.25) is 0 Å². The molecule has 0 saturated carbocycles. The molecule has 0 atom stereocenters. The van der Waals surface area contributed by atoms with Crippen LogP contribution in [-0.4, -0.2) is 22.7 Å². The van der Waals surface area contributed by atoms with Gasteiger partial charge >= 0.3 is 5.97 Å². The number of thiocarbonyl (C=S) groups is 1. The fraction of sp³-hybridized carbons (Fsp3) is 0.421. The zero-order valence-corrected chi connectivity index (χ0v) is 18.4. The van der Waals surface area contributed by atoms with E-state index in [1.165, 1.54) is 17.7 Å². The molecule has 5 nitrogen and oxygen atoms in total. The zero-order chi connectivity index (χ0) is 19.2. The summed E-state index contributed by atoms with van der Waals surface area (Å²) in [4.78, 5) is 18.2. The van der Waals surface area contributed by atoms with Gasteiger partial charge in [-0.05, 0) is 78.5 Å². The molecule has 0 radical (unpaired) electrons. The van der Waals surface area contributed by atoms with Crippen molar-refractivity contribution in [2.75, 3.05) is 17.2 Å². The van der Waals surface area contributed by atoms with E-state index in [-0.39, 0.29) is 5.97 Å². The van der Waals surface area contributed by atoms with Crippen molar-refractivity contribution in [3.63, 3.8) is 0 Å². The first kappa shape index (κ1) is 20.2. The number of esters is 1. The van der Waals surface area contributed by atoms with E-state index in [1.54, 1.807) is 17.5 Å². The van der Waals surface area contributed by atoms with Gasteiger partial charge in [-0.3, -0.25) is 0 Å². The summed E-state index contributed by atoms with van der Waals surface area (Å²) in [6.07, 6.45) is 8.31. The molecule has 0 saturated heterocycles. The number of pyridine rings is 1. The number of hydrogen-bond acceptors (Lipinski definition) is 5. The van der Waals surface area contributed by atoms with E-state index >= 15 is 0 Å². The summed E-state index contributed by atoms with van der Waals surface area (Å²) in [6.45, 7) is 2.18. The zero-order valence-electron chi connectivity index (χ0n) is 15.1. The van der Waals surface area contributed by atoms with Crippen molar-refractivity contribution >= 4 is 61.4 Å². The Kier molecular flexibility index (Phi) is 7.20. The number of anilines is 2. The van der Waals surface area contributed by atoms with Crippen molar-refractivity contribution in [3.8, 4) is 0 Å². The third-order valence-corrected chi connectivity index (χ3v) is 6.23. The fourth-order valence-corrected chi connectivity index (χ4v) is 4.91. The summed E-state index contributed by atoms with van der Waals surface area (Å²) in [6, 6.07) is 3.72. The smallest absolute Gasteiger partial charge is 0.341 e. The molecule has 2 aromatic rings. The maximum Gasteiger partial charge on any atom is 0.341 e. The maximum atomic E-state index is 12.6. The van der Waals surface area contributed by atoms with Gasteiger partial charge in [0.15, 0.2) is 5.11 Å². The fourth-order valence-electron chi connectivity index (χ4n) is 3.13. The number of aromatic nitrogens is 1. The molecule has 1 aliphatic rings. The molecule has 0 bridgehead atoms. The van der Waals surface area contributed by atoms with Crippen molar-refractivity contribution in [2.24, 2.45) is 0 Å². The van der Waals surface area contributed by atoms with Crippen LogP contribution in [-0.2, 0) is 17.6 Å². The monoisotopic (exact) mass is 467 g/mol. The molecule has 2 heterocycles. The Balaban J connectivity index is 1.84. The lowest BCUT2D eigenvalue weighted by Crippen LogP contribution is -2.21. The van der Waals surface area contributed by atoms with Crippen molar-refractivity contribution in [2.45, 2.75) is 45.4 Å². The number of hydrogen-bond donors (Lipinski definition) is 2. The van der Waals surface area contributed by atoms with Crippen LogP contribution in [0.15, 0.2) is 22.8 Å². The van der Waals surface area contributed by atoms with E-state index in [0.29, 0.717) is 23.1 Å². The molecular weight excluding hydrogens is 446 g/mol. The normalized spacial score (nSPS) is 13.9. The molecule has 0 fully saturated rings. The number of nitrogens with zero attached hydrogens (tertiary/aromatic N) is 1. The molecule has 1 aliphatic carbocycles. The standard InChI is InChI=1S/C19H22BrN3O2S2/c1-2-25-18(24)16-13-7-5-3-4-6-8-14(13)27-17(16)23-19(26)22-15-10-9-12(20)11-21-15/h9-11H,2-8H2,1H3,(H2,21,22,23,26). The molecule has 2 aromatic heterocycles. The Hall–Kier alpha value is -1.51. The van der Waals surface area contributed by atoms with Crippen LogP contribution in [0.25, 0.3) is 0 Å². The molecule has 3 rings (SSSR count). The van der Waals surface area contributed by atoms with Gasteiger partial charge in [-0.25, -0.2) is 9.78 Å². The van der Waals surface area contributed by atoms with Gasteiger partial charge in [0.05, 0.1) is 12.2 Å². The molecule has 8 heteroatoms.